The summed E-state index contributed by atoms with van der Waals surface area (Å²) >= 11 is 1.30. The third kappa shape index (κ3) is 5.28. The summed E-state index contributed by atoms with van der Waals surface area (Å²) in [6.07, 6.45) is 0.494. The summed E-state index contributed by atoms with van der Waals surface area (Å²) in [5.41, 5.74) is 2.90. The molecule has 10 heteroatoms. The van der Waals surface area contributed by atoms with E-state index in [0.717, 1.165) is 22.6 Å². The lowest BCUT2D eigenvalue weighted by atomic mass is 10.2. The minimum Gasteiger partial charge on any atom is -0.497 e. The van der Waals surface area contributed by atoms with Gasteiger partial charge in [0.15, 0.2) is 20.8 Å². The van der Waals surface area contributed by atoms with Crippen molar-refractivity contribution in [2.45, 2.75) is 31.5 Å². The van der Waals surface area contributed by atoms with Crippen LogP contribution >= 0.6 is 11.8 Å². The fraction of sp³-hybridized carbons (Fsp3) is 0.375. The zero-order valence-electron chi connectivity index (χ0n) is 19.5. The number of aryl methyl sites for hydroxylation is 1. The van der Waals surface area contributed by atoms with Gasteiger partial charge in [-0.2, -0.15) is 0 Å². The van der Waals surface area contributed by atoms with E-state index in [1.165, 1.54) is 11.8 Å². The maximum Gasteiger partial charge on any atom is 0.233 e. The fourth-order valence-electron chi connectivity index (χ4n) is 4.09. The van der Waals surface area contributed by atoms with Gasteiger partial charge in [-0.1, -0.05) is 29.5 Å². The number of nitrogens with zero attached hydrogens (tertiary/aromatic N) is 4. The first-order valence-corrected chi connectivity index (χ1v) is 13.9. The molecule has 1 unspecified atom stereocenters. The zero-order chi connectivity index (χ0) is 24.3. The topological polar surface area (TPSA) is 94.4 Å². The predicted octanol–water partition coefficient (Wildman–Crippen LogP) is 3.38. The van der Waals surface area contributed by atoms with Crippen LogP contribution in [0, 0.1) is 6.92 Å². The van der Waals surface area contributed by atoms with E-state index in [0.29, 0.717) is 23.9 Å². The monoisotopic (exact) mass is 500 g/mol. The van der Waals surface area contributed by atoms with Crippen molar-refractivity contribution in [1.82, 2.24) is 19.7 Å². The van der Waals surface area contributed by atoms with Crippen LogP contribution in [0.15, 0.2) is 53.7 Å². The molecule has 1 aliphatic heterocycles. The Balaban J connectivity index is 1.60. The Morgan fingerprint density at radius 2 is 1.85 bits per heavy atom. The van der Waals surface area contributed by atoms with E-state index in [1.54, 1.807) is 12.0 Å². The highest BCUT2D eigenvalue weighted by molar-refractivity contribution is 7.99. The SMILES string of the molecule is CCN(C(=O)CSc1nnc(-c2ccc(OC)cc2)n1-c1ccc(C)cc1)C1CCS(=O)(=O)C1. The second-order valence-electron chi connectivity index (χ2n) is 8.23. The summed E-state index contributed by atoms with van der Waals surface area (Å²) in [4.78, 5) is 14.7. The third-order valence-corrected chi connectivity index (χ3v) is 8.57. The van der Waals surface area contributed by atoms with Crippen LogP contribution in [0.4, 0.5) is 0 Å². The van der Waals surface area contributed by atoms with Crippen LogP contribution < -0.4 is 4.74 Å². The first-order chi connectivity index (χ1) is 16.3. The van der Waals surface area contributed by atoms with Crippen molar-refractivity contribution in [1.29, 1.82) is 0 Å². The molecule has 1 amide bonds. The Morgan fingerprint density at radius 1 is 1.15 bits per heavy atom. The average Bonchev–Trinajstić information content (AvgIpc) is 3.41. The number of sulfone groups is 1. The van der Waals surface area contributed by atoms with Crippen LogP contribution in [0.2, 0.25) is 0 Å². The Labute approximate surface area is 204 Å². The van der Waals surface area contributed by atoms with E-state index in [-0.39, 0.29) is 29.2 Å². The molecule has 3 aromatic rings. The summed E-state index contributed by atoms with van der Waals surface area (Å²) in [6, 6.07) is 15.4. The molecule has 0 bridgehead atoms. The number of aromatic nitrogens is 3. The molecule has 34 heavy (non-hydrogen) atoms. The number of benzene rings is 2. The molecule has 0 aliphatic carbocycles. The first-order valence-electron chi connectivity index (χ1n) is 11.1. The average molecular weight is 501 g/mol. The van der Waals surface area contributed by atoms with Crippen molar-refractivity contribution in [3.63, 3.8) is 0 Å². The highest BCUT2D eigenvalue weighted by Gasteiger charge is 2.34. The Hall–Kier alpha value is -2.85. The van der Waals surface area contributed by atoms with E-state index in [9.17, 15) is 13.2 Å². The normalized spacial score (nSPS) is 17.0. The molecule has 180 valence electrons. The van der Waals surface area contributed by atoms with Crippen molar-refractivity contribution in [2.75, 3.05) is 30.9 Å². The predicted molar refractivity (Wildman–Crippen MR) is 133 cm³/mol. The quantitative estimate of drug-likeness (QED) is 0.438. The smallest absolute Gasteiger partial charge is 0.233 e. The third-order valence-electron chi connectivity index (χ3n) is 5.91. The highest BCUT2D eigenvalue weighted by atomic mass is 32.2. The number of hydrogen-bond donors (Lipinski definition) is 0. The van der Waals surface area contributed by atoms with Gasteiger partial charge in [-0.3, -0.25) is 9.36 Å². The number of carbonyl (C=O) groups excluding carboxylic acids is 1. The van der Waals surface area contributed by atoms with E-state index < -0.39 is 9.84 Å². The van der Waals surface area contributed by atoms with Gasteiger partial charge in [0.1, 0.15) is 5.75 Å². The fourth-order valence-corrected chi connectivity index (χ4v) is 6.65. The molecular weight excluding hydrogens is 472 g/mol. The Bertz CT molecular complexity index is 1260. The van der Waals surface area contributed by atoms with Gasteiger partial charge >= 0.3 is 0 Å². The second-order valence-corrected chi connectivity index (χ2v) is 11.4. The molecule has 1 atom stereocenters. The summed E-state index contributed by atoms with van der Waals surface area (Å²) in [5.74, 6) is 1.64. The van der Waals surface area contributed by atoms with Crippen molar-refractivity contribution in [3.05, 3.63) is 54.1 Å². The number of rotatable bonds is 8. The number of carbonyl (C=O) groups is 1. The molecule has 0 spiro atoms. The van der Waals surface area contributed by atoms with Crippen LogP contribution in [-0.4, -0.2) is 70.9 Å². The van der Waals surface area contributed by atoms with Crippen molar-refractivity contribution >= 4 is 27.5 Å². The van der Waals surface area contributed by atoms with E-state index in [4.69, 9.17) is 4.74 Å². The Morgan fingerprint density at radius 3 is 2.44 bits per heavy atom. The van der Waals surface area contributed by atoms with Gasteiger partial charge < -0.3 is 9.64 Å². The molecule has 0 saturated carbocycles. The van der Waals surface area contributed by atoms with Crippen LogP contribution in [0.1, 0.15) is 18.9 Å². The number of methoxy groups -OCH3 is 1. The number of amides is 1. The van der Waals surface area contributed by atoms with Gasteiger partial charge in [0.05, 0.1) is 24.4 Å². The van der Waals surface area contributed by atoms with E-state index in [1.807, 2.05) is 66.9 Å². The zero-order valence-corrected chi connectivity index (χ0v) is 21.1. The molecule has 0 N–H and O–H groups in total. The molecule has 4 rings (SSSR count). The summed E-state index contributed by atoms with van der Waals surface area (Å²) in [5, 5.41) is 9.41. The van der Waals surface area contributed by atoms with Gasteiger partial charge in [-0.25, -0.2) is 8.42 Å². The largest absolute Gasteiger partial charge is 0.497 e. The maximum atomic E-state index is 13.0. The maximum absolute atomic E-state index is 13.0. The molecular formula is C24H28N4O4S2. The molecule has 8 nitrogen and oxygen atoms in total. The van der Waals surface area contributed by atoms with Gasteiger partial charge in [0.25, 0.3) is 0 Å². The lowest BCUT2D eigenvalue weighted by Gasteiger charge is -2.26. The van der Waals surface area contributed by atoms with Crippen molar-refractivity contribution < 1.29 is 17.9 Å². The molecule has 0 radical (unpaired) electrons. The van der Waals surface area contributed by atoms with E-state index in [2.05, 4.69) is 10.2 Å². The van der Waals surface area contributed by atoms with Crippen LogP contribution in [0.25, 0.3) is 17.1 Å². The molecule has 2 aromatic carbocycles. The number of hydrogen-bond acceptors (Lipinski definition) is 7. The summed E-state index contributed by atoms with van der Waals surface area (Å²) in [6.45, 7) is 4.38. The molecule has 1 aromatic heterocycles. The molecule has 1 fully saturated rings. The lowest BCUT2D eigenvalue weighted by molar-refractivity contribution is -0.129. The number of ether oxygens (including phenoxy) is 1. The van der Waals surface area contributed by atoms with Gasteiger partial charge in [-0.05, 0) is 56.7 Å². The van der Waals surface area contributed by atoms with Crippen LogP contribution in [0.3, 0.4) is 0 Å². The molecule has 1 aliphatic rings. The Kier molecular flexibility index (Phi) is 7.27. The molecule has 2 heterocycles. The standard InChI is InChI=1S/C24H28N4O4S2/c1-4-27(20-13-14-34(30,31)16-20)22(29)15-33-24-26-25-23(18-7-11-21(32-3)12-8-18)28(24)19-9-5-17(2)6-10-19/h5-12,20H,4,13-16H2,1-3H3. The highest BCUT2D eigenvalue weighted by Crippen LogP contribution is 2.30. The molecule has 1 saturated heterocycles. The summed E-state index contributed by atoms with van der Waals surface area (Å²) in [7, 11) is -1.44. The van der Waals surface area contributed by atoms with Crippen LogP contribution in [-0.2, 0) is 14.6 Å². The van der Waals surface area contributed by atoms with Gasteiger partial charge in [0.2, 0.25) is 5.91 Å². The van der Waals surface area contributed by atoms with E-state index >= 15 is 0 Å². The van der Waals surface area contributed by atoms with Gasteiger partial charge in [0, 0.05) is 23.8 Å². The summed E-state index contributed by atoms with van der Waals surface area (Å²) < 4.78 is 31.0. The number of thioether (sulfide) groups is 1. The van der Waals surface area contributed by atoms with Crippen molar-refractivity contribution in [2.24, 2.45) is 0 Å². The minimum atomic E-state index is -3.07. The first kappa shape index (κ1) is 24.3. The van der Waals surface area contributed by atoms with Gasteiger partial charge in [-0.15, -0.1) is 10.2 Å². The van der Waals surface area contributed by atoms with Crippen molar-refractivity contribution in [3.8, 4) is 22.8 Å². The minimum absolute atomic E-state index is 0.0401. The van der Waals surface area contributed by atoms with Crippen LogP contribution in [0.5, 0.6) is 5.75 Å². The second kappa shape index (κ2) is 10.2. The lowest BCUT2D eigenvalue weighted by Crippen LogP contribution is -2.42.